The summed E-state index contributed by atoms with van der Waals surface area (Å²) in [6.07, 6.45) is 0. The molecular weight excluding hydrogens is 392 g/mol. The first-order valence-electron chi connectivity index (χ1n) is 9.13. The quantitative estimate of drug-likeness (QED) is 0.730. The summed E-state index contributed by atoms with van der Waals surface area (Å²) in [6.45, 7) is 3.96. The molecule has 1 aliphatic heterocycles. The maximum absolute atomic E-state index is 12.9. The third kappa shape index (κ3) is 4.17. The number of amides is 2. The van der Waals surface area contributed by atoms with Gasteiger partial charge >= 0.3 is 18.0 Å². The van der Waals surface area contributed by atoms with Gasteiger partial charge < -0.3 is 14.8 Å². The Labute approximate surface area is 172 Å². The Morgan fingerprint density at radius 2 is 1.93 bits per heavy atom. The van der Waals surface area contributed by atoms with Crippen LogP contribution in [0.15, 0.2) is 53.0 Å². The number of hydrogen-bond acceptors (Lipinski definition) is 6. The molecule has 0 saturated carbocycles. The monoisotopic (exact) mass is 414 g/mol. The van der Waals surface area contributed by atoms with Crippen LogP contribution in [0.25, 0.3) is 0 Å². The summed E-state index contributed by atoms with van der Waals surface area (Å²) in [5.41, 5.74) is 1.54. The fraction of sp³-hybridized carbons (Fsp3) is 0.286. The van der Waals surface area contributed by atoms with Gasteiger partial charge in [-0.1, -0.05) is 24.3 Å². The summed E-state index contributed by atoms with van der Waals surface area (Å²) in [5.74, 6) is -1.08. The van der Waals surface area contributed by atoms with Crippen molar-refractivity contribution in [1.29, 1.82) is 0 Å². The summed E-state index contributed by atoms with van der Waals surface area (Å²) in [6, 6.07) is 9.39. The molecular formula is C21H22N2O5S. The van der Waals surface area contributed by atoms with Gasteiger partial charge in [0.15, 0.2) is 0 Å². The molecule has 8 heteroatoms. The van der Waals surface area contributed by atoms with E-state index in [0.717, 1.165) is 4.88 Å². The van der Waals surface area contributed by atoms with Crippen LogP contribution in [-0.2, 0) is 20.8 Å². The van der Waals surface area contributed by atoms with Crippen molar-refractivity contribution < 1.29 is 23.9 Å². The smallest absolute Gasteiger partial charge is 0.338 e. The molecule has 2 heterocycles. The molecule has 1 aliphatic rings. The molecule has 1 atom stereocenters. The van der Waals surface area contributed by atoms with Gasteiger partial charge in [0.25, 0.3) is 0 Å². The van der Waals surface area contributed by atoms with E-state index in [2.05, 4.69) is 5.32 Å². The topological polar surface area (TPSA) is 84.9 Å². The second-order valence-electron chi connectivity index (χ2n) is 6.35. The largest absolute Gasteiger partial charge is 0.465 e. The van der Waals surface area contributed by atoms with Crippen molar-refractivity contribution in [2.24, 2.45) is 0 Å². The van der Waals surface area contributed by atoms with Crippen LogP contribution >= 0.6 is 11.3 Å². The highest BCUT2D eigenvalue weighted by atomic mass is 32.1. The molecule has 0 saturated heterocycles. The number of carbonyl (C=O) groups excluding carboxylic acids is 3. The van der Waals surface area contributed by atoms with Crippen LogP contribution in [0.2, 0.25) is 0 Å². The molecule has 152 valence electrons. The van der Waals surface area contributed by atoms with E-state index in [0.29, 0.717) is 23.4 Å². The van der Waals surface area contributed by atoms with Gasteiger partial charge in [0, 0.05) is 10.6 Å². The van der Waals surface area contributed by atoms with Gasteiger partial charge in [-0.25, -0.2) is 14.4 Å². The van der Waals surface area contributed by atoms with Crippen LogP contribution in [0.1, 0.15) is 40.7 Å². The van der Waals surface area contributed by atoms with Gasteiger partial charge in [0.1, 0.15) is 0 Å². The minimum atomic E-state index is -0.823. The molecule has 2 amide bonds. The minimum Gasteiger partial charge on any atom is -0.465 e. The molecule has 0 aliphatic carbocycles. The lowest BCUT2D eigenvalue weighted by molar-refractivity contribution is -0.139. The number of esters is 2. The number of nitrogens with zero attached hydrogens (tertiary/aromatic N) is 1. The number of nitrogens with one attached hydrogen (secondary N) is 1. The van der Waals surface area contributed by atoms with E-state index in [1.807, 2.05) is 17.5 Å². The Kier molecular flexibility index (Phi) is 6.33. The summed E-state index contributed by atoms with van der Waals surface area (Å²) in [4.78, 5) is 40.5. The molecule has 1 aromatic carbocycles. The molecule has 7 nitrogen and oxygen atoms in total. The third-order valence-corrected chi connectivity index (χ3v) is 5.52. The zero-order chi connectivity index (χ0) is 21.0. The summed E-state index contributed by atoms with van der Waals surface area (Å²) >= 11 is 1.53. The average molecular weight is 414 g/mol. The summed E-state index contributed by atoms with van der Waals surface area (Å²) < 4.78 is 10.1. The Morgan fingerprint density at radius 1 is 1.17 bits per heavy atom. The van der Waals surface area contributed by atoms with Gasteiger partial charge in [0.2, 0.25) is 0 Å². The van der Waals surface area contributed by atoms with Crippen molar-refractivity contribution in [3.05, 3.63) is 69.1 Å². The molecule has 3 rings (SSSR count). The SMILES string of the molecule is CCOC(=O)C1=C(C)N(Cc2cccs2)C(=O)N[C@@H]1c1ccccc1C(=O)OC. The first-order chi connectivity index (χ1) is 14.0. The van der Waals surface area contributed by atoms with Crippen molar-refractivity contribution in [1.82, 2.24) is 10.2 Å². The summed E-state index contributed by atoms with van der Waals surface area (Å²) in [5, 5.41) is 4.79. The van der Waals surface area contributed by atoms with Crippen LogP contribution in [0, 0.1) is 0 Å². The number of urea groups is 1. The predicted octanol–water partition coefficient (Wildman–Crippen LogP) is 3.64. The number of hydrogen-bond donors (Lipinski definition) is 1. The highest BCUT2D eigenvalue weighted by Gasteiger charge is 2.38. The van der Waals surface area contributed by atoms with Gasteiger partial charge in [-0.15, -0.1) is 11.3 Å². The van der Waals surface area contributed by atoms with E-state index in [1.165, 1.54) is 23.3 Å². The molecule has 0 fully saturated rings. The van der Waals surface area contributed by atoms with Gasteiger partial charge in [-0.3, -0.25) is 4.90 Å². The van der Waals surface area contributed by atoms with Crippen LogP contribution in [0.4, 0.5) is 4.79 Å². The third-order valence-electron chi connectivity index (χ3n) is 4.66. The van der Waals surface area contributed by atoms with Crippen LogP contribution in [-0.4, -0.2) is 36.6 Å². The molecule has 1 N–H and O–H groups in total. The van der Waals surface area contributed by atoms with Crippen LogP contribution in [0.3, 0.4) is 0 Å². The normalized spacial score (nSPS) is 16.4. The minimum absolute atomic E-state index is 0.194. The Hall–Kier alpha value is -3.13. The molecule has 0 spiro atoms. The van der Waals surface area contributed by atoms with E-state index in [4.69, 9.17) is 9.47 Å². The fourth-order valence-electron chi connectivity index (χ4n) is 3.28. The van der Waals surface area contributed by atoms with Gasteiger partial charge in [-0.05, 0) is 36.9 Å². The molecule has 0 radical (unpaired) electrons. The number of methoxy groups -OCH3 is 1. The lowest BCUT2D eigenvalue weighted by atomic mass is 9.91. The lowest BCUT2D eigenvalue weighted by Crippen LogP contribution is -2.47. The highest BCUT2D eigenvalue weighted by Crippen LogP contribution is 2.34. The number of carbonyl (C=O) groups is 3. The number of ether oxygens (including phenoxy) is 2. The van der Waals surface area contributed by atoms with E-state index < -0.39 is 18.0 Å². The Morgan fingerprint density at radius 3 is 2.59 bits per heavy atom. The first-order valence-corrected chi connectivity index (χ1v) is 10.0. The standard InChI is InChI=1S/C21H22N2O5S/c1-4-28-20(25)17-13(2)23(12-14-8-7-11-29-14)21(26)22-18(17)15-9-5-6-10-16(15)19(24)27-3/h5-11,18H,4,12H2,1-3H3,(H,22,26)/t18-/m1/s1. The number of benzene rings is 1. The number of allylic oxidation sites excluding steroid dienone is 1. The maximum atomic E-state index is 12.9. The second kappa shape index (κ2) is 8.91. The zero-order valence-corrected chi connectivity index (χ0v) is 17.2. The van der Waals surface area contributed by atoms with E-state index >= 15 is 0 Å². The molecule has 0 unspecified atom stereocenters. The molecule has 2 aromatic rings. The van der Waals surface area contributed by atoms with Crippen LogP contribution in [0.5, 0.6) is 0 Å². The number of thiophene rings is 1. The Bertz CT molecular complexity index is 952. The summed E-state index contributed by atoms with van der Waals surface area (Å²) in [7, 11) is 1.29. The van der Waals surface area contributed by atoms with Crippen molar-refractivity contribution in [3.8, 4) is 0 Å². The zero-order valence-electron chi connectivity index (χ0n) is 16.4. The van der Waals surface area contributed by atoms with E-state index in [9.17, 15) is 14.4 Å². The van der Waals surface area contributed by atoms with E-state index in [1.54, 1.807) is 38.1 Å². The van der Waals surface area contributed by atoms with Crippen molar-refractivity contribution in [2.75, 3.05) is 13.7 Å². The van der Waals surface area contributed by atoms with E-state index in [-0.39, 0.29) is 18.2 Å². The Balaban J connectivity index is 2.10. The predicted molar refractivity (Wildman–Crippen MR) is 108 cm³/mol. The molecule has 0 bridgehead atoms. The highest BCUT2D eigenvalue weighted by molar-refractivity contribution is 7.09. The lowest BCUT2D eigenvalue weighted by Gasteiger charge is -2.35. The van der Waals surface area contributed by atoms with Gasteiger partial charge in [0.05, 0.1) is 37.4 Å². The molecule has 1 aromatic heterocycles. The van der Waals surface area contributed by atoms with Crippen molar-refractivity contribution >= 4 is 29.3 Å². The number of rotatable bonds is 6. The average Bonchev–Trinajstić information content (AvgIpc) is 3.23. The second-order valence-corrected chi connectivity index (χ2v) is 7.38. The van der Waals surface area contributed by atoms with Crippen molar-refractivity contribution in [3.63, 3.8) is 0 Å². The molecule has 29 heavy (non-hydrogen) atoms. The van der Waals surface area contributed by atoms with Crippen LogP contribution < -0.4 is 5.32 Å². The van der Waals surface area contributed by atoms with Gasteiger partial charge in [-0.2, -0.15) is 0 Å². The fourth-order valence-corrected chi connectivity index (χ4v) is 3.97. The van der Waals surface area contributed by atoms with Crippen molar-refractivity contribution in [2.45, 2.75) is 26.4 Å². The first kappa shape index (κ1) is 20.6. The maximum Gasteiger partial charge on any atom is 0.338 e.